The van der Waals surface area contributed by atoms with Crippen LogP contribution in [0.4, 0.5) is 4.39 Å². The lowest BCUT2D eigenvalue weighted by atomic mass is 10.1. The molecular formula is C13H22FN. The molecule has 1 aromatic carbocycles. The summed E-state index contributed by atoms with van der Waals surface area (Å²) in [6, 6.07) is 12.0. The summed E-state index contributed by atoms with van der Waals surface area (Å²) in [6.07, 6.45) is 1.02. The minimum Gasteiger partial charge on any atom is -0.316 e. The molecule has 0 bridgehead atoms. The lowest BCUT2D eigenvalue weighted by molar-refractivity contribution is 0.382. The fourth-order valence-corrected chi connectivity index (χ4v) is 1.23. The molecule has 1 atom stereocenters. The molecule has 2 heteroatoms. The average Bonchev–Trinajstić information content (AvgIpc) is 2.88. The molecule has 0 saturated carbocycles. The lowest BCUT2D eigenvalue weighted by Gasteiger charge is -1.95. The van der Waals surface area contributed by atoms with Crippen LogP contribution in [-0.4, -0.2) is 19.8 Å². The second kappa shape index (κ2) is 11.2. The lowest BCUT2D eigenvalue weighted by Crippen LogP contribution is -2.09. The third-order valence-corrected chi connectivity index (χ3v) is 2.05. The summed E-state index contributed by atoms with van der Waals surface area (Å²) in [7, 11) is 0. The standard InChI is InChI=1S/C6H6.C5H10FN.C2H6/c1-2-4-6-5-3-1;6-3-5-1-2-7-4-5;1-2/h1-6H;5,7H,1-4H2;1-2H3. The molecule has 0 amide bonds. The Bertz CT molecular complexity index is 168. The number of hydrogen-bond acceptors (Lipinski definition) is 1. The van der Waals surface area contributed by atoms with Gasteiger partial charge in [-0.25, -0.2) is 0 Å². The number of rotatable bonds is 1. The van der Waals surface area contributed by atoms with Gasteiger partial charge in [0.1, 0.15) is 0 Å². The van der Waals surface area contributed by atoms with E-state index in [1.807, 2.05) is 50.2 Å². The normalized spacial score (nSPS) is 18.2. The maximum atomic E-state index is 11.7. The molecule has 0 radical (unpaired) electrons. The minimum absolute atomic E-state index is 0.146. The Balaban J connectivity index is 0.000000227. The van der Waals surface area contributed by atoms with Crippen LogP contribution in [-0.2, 0) is 0 Å². The Morgan fingerprint density at radius 3 is 1.73 bits per heavy atom. The van der Waals surface area contributed by atoms with Crippen molar-refractivity contribution in [2.75, 3.05) is 19.8 Å². The molecule has 1 aliphatic heterocycles. The summed E-state index contributed by atoms with van der Waals surface area (Å²) in [5.74, 6) is 0.319. The molecule has 1 nitrogen and oxygen atoms in total. The van der Waals surface area contributed by atoms with Gasteiger partial charge in [0.25, 0.3) is 0 Å². The number of hydrogen-bond donors (Lipinski definition) is 1. The van der Waals surface area contributed by atoms with E-state index in [0.29, 0.717) is 5.92 Å². The molecule has 1 fully saturated rings. The number of alkyl halides is 1. The van der Waals surface area contributed by atoms with E-state index < -0.39 is 0 Å². The summed E-state index contributed by atoms with van der Waals surface area (Å²) >= 11 is 0. The van der Waals surface area contributed by atoms with Gasteiger partial charge in [0.05, 0.1) is 6.67 Å². The van der Waals surface area contributed by atoms with Gasteiger partial charge >= 0.3 is 0 Å². The van der Waals surface area contributed by atoms with Gasteiger partial charge in [-0.15, -0.1) is 0 Å². The Morgan fingerprint density at radius 1 is 1.07 bits per heavy atom. The highest BCUT2D eigenvalue weighted by molar-refractivity contribution is 4.99. The van der Waals surface area contributed by atoms with Gasteiger partial charge in [0.2, 0.25) is 0 Å². The predicted octanol–water partition coefficient (Wildman–Crippen LogP) is 3.28. The highest BCUT2D eigenvalue weighted by Gasteiger charge is 2.12. The van der Waals surface area contributed by atoms with Crippen molar-refractivity contribution in [3.63, 3.8) is 0 Å². The summed E-state index contributed by atoms with van der Waals surface area (Å²) in [5, 5.41) is 3.08. The van der Waals surface area contributed by atoms with E-state index in [9.17, 15) is 4.39 Å². The molecule has 0 aliphatic carbocycles. The smallest absolute Gasteiger partial charge is 0.0935 e. The number of benzene rings is 1. The zero-order valence-electron chi connectivity index (χ0n) is 9.75. The van der Waals surface area contributed by atoms with Crippen LogP contribution in [0.3, 0.4) is 0 Å². The van der Waals surface area contributed by atoms with Gasteiger partial charge in [-0.05, 0) is 13.0 Å². The first-order chi connectivity index (χ1) is 7.43. The summed E-state index contributed by atoms with van der Waals surface area (Å²) in [5.41, 5.74) is 0. The van der Waals surface area contributed by atoms with E-state index in [1.54, 1.807) is 0 Å². The van der Waals surface area contributed by atoms with Gasteiger partial charge in [-0.1, -0.05) is 50.2 Å². The largest absolute Gasteiger partial charge is 0.316 e. The number of halogens is 1. The maximum absolute atomic E-state index is 11.7. The fourth-order valence-electron chi connectivity index (χ4n) is 1.23. The first kappa shape index (κ1) is 14.1. The van der Waals surface area contributed by atoms with E-state index in [4.69, 9.17) is 0 Å². The molecule has 1 heterocycles. The molecule has 86 valence electrons. The van der Waals surface area contributed by atoms with Crippen LogP contribution in [0.5, 0.6) is 0 Å². The monoisotopic (exact) mass is 211 g/mol. The van der Waals surface area contributed by atoms with E-state index in [1.165, 1.54) is 0 Å². The Morgan fingerprint density at radius 2 is 1.53 bits per heavy atom. The van der Waals surface area contributed by atoms with Crippen LogP contribution in [0, 0.1) is 5.92 Å². The fraction of sp³-hybridized carbons (Fsp3) is 0.538. The third kappa shape index (κ3) is 8.13. The molecule has 1 aliphatic rings. The van der Waals surface area contributed by atoms with Crippen LogP contribution in [0.15, 0.2) is 36.4 Å². The van der Waals surface area contributed by atoms with Crippen molar-refractivity contribution >= 4 is 0 Å². The van der Waals surface area contributed by atoms with Crippen molar-refractivity contribution in [3.05, 3.63) is 36.4 Å². The van der Waals surface area contributed by atoms with Crippen LogP contribution in [0.25, 0.3) is 0 Å². The molecule has 1 aromatic rings. The van der Waals surface area contributed by atoms with Crippen molar-refractivity contribution in [1.82, 2.24) is 5.32 Å². The highest BCUT2D eigenvalue weighted by Crippen LogP contribution is 2.06. The van der Waals surface area contributed by atoms with Crippen LogP contribution < -0.4 is 5.32 Å². The third-order valence-electron chi connectivity index (χ3n) is 2.05. The van der Waals surface area contributed by atoms with Gasteiger partial charge in [-0.3, -0.25) is 4.39 Å². The topological polar surface area (TPSA) is 12.0 Å². The first-order valence-electron chi connectivity index (χ1n) is 5.70. The molecule has 15 heavy (non-hydrogen) atoms. The molecule has 0 aromatic heterocycles. The molecular weight excluding hydrogens is 189 g/mol. The van der Waals surface area contributed by atoms with Crippen LogP contribution in [0.2, 0.25) is 0 Å². The minimum atomic E-state index is -0.146. The van der Waals surface area contributed by atoms with Gasteiger partial charge in [0.15, 0.2) is 0 Å². The molecule has 0 spiro atoms. The van der Waals surface area contributed by atoms with Crippen LogP contribution in [0.1, 0.15) is 20.3 Å². The SMILES string of the molecule is CC.FCC1CCNC1.c1ccccc1. The molecule has 2 rings (SSSR count). The zero-order chi connectivity index (χ0) is 11.4. The number of nitrogens with one attached hydrogen (secondary N) is 1. The zero-order valence-corrected chi connectivity index (χ0v) is 9.75. The first-order valence-corrected chi connectivity index (χ1v) is 5.70. The second-order valence-corrected chi connectivity index (χ2v) is 3.17. The van der Waals surface area contributed by atoms with Crippen LogP contribution >= 0.6 is 0 Å². The summed E-state index contributed by atoms with van der Waals surface area (Å²) in [4.78, 5) is 0. The Kier molecular flexibility index (Phi) is 10.5. The molecule has 1 unspecified atom stereocenters. The molecule has 1 saturated heterocycles. The van der Waals surface area contributed by atoms with E-state index in [0.717, 1.165) is 19.5 Å². The summed E-state index contributed by atoms with van der Waals surface area (Å²) < 4.78 is 11.7. The van der Waals surface area contributed by atoms with Gasteiger partial charge in [-0.2, -0.15) is 0 Å². The van der Waals surface area contributed by atoms with Crippen molar-refractivity contribution in [3.8, 4) is 0 Å². The molecule has 1 N–H and O–H groups in total. The van der Waals surface area contributed by atoms with Gasteiger partial charge < -0.3 is 5.32 Å². The second-order valence-electron chi connectivity index (χ2n) is 3.17. The van der Waals surface area contributed by atoms with Crippen molar-refractivity contribution < 1.29 is 4.39 Å². The van der Waals surface area contributed by atoms with E-state index >= 15 is 0 Å². The predicted molar refractivity (Wildman–Crippen MR) is 64.7 cm³/mol. The quantitative estimate of drug-likeness (QED) is 0.751. The maximum Gasteiger partial charge on any atom is 0.0935 e. The van der Waals surface area contributed by atoms with Gasteiger partial charge in [0, 0.05) is 12.5 Å². The average molecular weight is 211 g/mol. The van der Waals surface area contributed by atoms with Crippen molar-refractivity contribution in [1.29, 1.82) is 0 Å². The van der Waals surface area contributed by atoms with Crippen molar-refractivity contribution in [2.45, 2.75) is 20.3 Å². The Hall–Kier alpha value is -0.890. The van der Waals surface area contributed by atoms with E-state index in [2.05, 4.69) is 5.32 Å². The van der Waals surface area contributed by atoms with E-state index in [-0.39, 0.29) is 6.67 Å². The Labute approximate surface area is 92.7 Å². The van der Waals surface area contributed by atoms with Crippen molar-refractivity contribution in [2.24, 2.45) is 5.92 Å². The highest BCUT2D eigenvalue weighted by atomic mass is 19.1. The summed E-state index contributed by atoms with van der Waals surface area (Å²) in [6.45, 7) is 5.75.